The highest BCUT2D eigenvalue weighted by molar-refractivity contribution is 7.14. The number of carbonyl (C=O) groups is 2. The number of morpholine rings is 1. The van der Waals surface area contributed by atoms with E-state index in [0.29, 0.717) is 5.69 Å². The molecule has 0 aliphatic carbocycles. The second-order valence-electron chi connectivity index (χ2n) is 7.67. The van der Waals surface area contributed by atoms with E-state index in [1.165, 1.54) is 0 Å². The normalized spacial score (nSPS) is 14.6. The number of amides is 2. The largest absolute Gasteiger partial charge is 0.378 e. The van der Waals surface area contributed by atoms with Gasteiger partial charge in [0.15, 0.2) is 5.13 Å². The van der Waals surface area contributed by atoms with Gasteiger partial charge in [0.1, 0.15) is 0 Å². The number of ether oxygens (including phenoxy) is 1. The summed E-state index contributed by atoms with van der Waals surface area (Å²) in [5.41, 5.74) is 2.08. The number of hydrogen-bond donors (Lipinski definition) is 2. The van der Waals surface area contributed by atoms with Crippen molar-refractivity contribution in [2.45, 2.75) is 20.8 Å². The molecule has 28 heavy (non-hydrogen) atoms. The first-order chi connectivity index (χ1) is 13.3. The lowest BCUT2D eigenvalue weighted by Gasteiger charge is -2.26. The topological polar surface area (TPSA) is 83.6 Å². The molecule has 0 unspecified atom stereocenters. The number of anilines is 2. The Morgan fingerprint density at radius 3 is 2.50 bits per heavy atom. The molecule has 1 aromatic carbocycles. The third-order valence-corrected chi connectivity index (χ3v) is 5.23. The van der Waals surface area contributed by atoms with Crippen LogP contribution in [0.1, 0.15) is 20.8 Å². The van der Waals surface area contributed by atoms with Gasteiger partial charge in [-0.15, -0.1) is 11.3 Å². The molecule has 2 heterocycles. The van der Waals surface area contributed by atoms with Crippen LogP contribution in [0.15, 0.2) is 29.6 Å². The van der Waals surface area contributed by atoms with Gasteiger partial charge in [-0.2, -0.15) is 0 Å². The van der Waals surface area contributed by atoms with Gasteiger partial charge in [0.25, 0.3) is 0 Å². The lowest BCUT2D eigenvalue weighted by atomic mass is 9.96. The van der Waals surface area contributed by atoms with Gasteiger partial charge in [0.05, 0.1) is 25.5 Å². The first kappa shape index (κ1) is 20.3. The lowest BCUT2D eigenvalue weighted by molar-refractivity contribution is -0.130. The van der Waals surface area contributed by atoms with E-state index >= 15 is 0 Å². The molecule has 0 saturated carbocycles. The summed E-state index contributed by atoms with van der Waals surface area (Å²) in [7, 11) is 0. The second kappa shape index (κ2) is 8.70. The molecule has 7 nitrogen and oxygen atoms in total. The Hall–Kier alpha value is -2.45. The zero-order valence-electron chi connectivity index (χ0n) is 16.4. The number of nitrogens with zero attached hydrogens (tertiary/aromatic N) is 2. The number of thiazole rings is 1. The van der Waals surface area contributed by atoms with E-state index in [1.807, 2.05) is 50.4 Å². The Morgan fingerprint density at radius 1 is 1.18 bits per heavy atom. The molecule has 0 bridgehead atoms. The van der Waals surface area contributed by atoms with Crippen molar-refractivity contribution >= 4 is 34.0 Å². The molecule has 8 heteroatoms. The van der Waals surface area contributed by atoms with E-state index in [4.69, 9.17) is 9.72 Å². The van der Waals surface area contributed by atoms with Gasteiger partial charge in [-0.25, -0.2) is 4.98 Å². The smallest absolute Gasteiger partial charge is 0.243 e. The zero-order valence-corrected chi connectivity index (χ0v) is 17.3. The van der Waals surface area contributed by atoms with Crippen molar-refractivity contribution < 1.29 is 14.3 Å². The Morgan fingerprint density at radius 2 is 1.86 bits per heavy atom. The van der Waals surface area contributed by atoms with Crippen LogP contribution < -0.4 is 15.5 Å². The van der Waals surface area contributed by atoms with Gasteiger partial charge in [0, 0.05) is 35.1 Å². The van der Waals surface area contributed by atoms with Gasteiger partial charge in [-0.3, -0.25) is 9.59 Å². The molecule has 1 aliphatic rings. The predicted molar refractivity (Wildman–Crippen MR) is 112 cm³/mol. The highest BCUT2D eigenvalue weighted by Gasteiger charge is 2.21. The van der Waals surface area contributed by atoms with Crippen molar-refractivity contribution in [3.05, 3.63) is 29.6 Å². The minimum atomic E-state index is -0.518. The van der Waals surface area contributed by atoms with Gasteiger partial charge in [0.2, 0.25) is 11.8 Å². The van der Waals surface area contributed by atoms with Crippen molar-refractivity contribution in [3.63, 3.8) is 0 Å². The van der Waals surface area contributed by atoms with E-state index in [2.05, 4.69) is 15.5 Å². The van der Waals surface area contributed by atoms with Crippen molar-refractivity contribution in [3.8, 4) is 11.3 Å². The first-order valence-electron chi connectivity index (χ1n) is 9.30. The van der Waals surface area contributed by atoms with Crippen LogP contribution in [0.2, 0.25) is 0 Å². The number of aromatic nitrogens is 1. The van der Waals surface area contributed by atoms with Gasteiger partial charge < -0.3 is 20.3 Å². The highest BCUT2D eigenvalue weighted by atomic mass is 32.1. The van der Waals surface area contributed by atoms with E-state index in [1.54, 1.807) is 11.3 Å². The monoisotopic (exact) mass is 402 g/mol. The summed E-state index contributed by atoms with van der Waals surface area (Å²) >= 11 is 1.63. The summed E-state index contributed by atoms with van der Waals surface area (Å²) in [6.07, 6.45) is 0. The SMILES string of the molecule is CC(C)(C)C(=O)NCC(=O)Nc1ccc(-c2csc(N3CCOCC3)n2)cc1. The number of benzene rings is 1. The van der Waals surface area contributed by atoms with Crippen LogP contribution in [0.5, 0.6) is 0 Å². The molecular weight excluding hydrogens is 376 g/mol. The molecule has 1 aromatic heterocycles. The molecule has 0 radical (unpaired) electrons. The standard InChI is InChI=1S/C20H26N4O3S/c1-20(2,3)18(26)21-12-17(25)22-15-6-4-14(5-7-15)16-13-28-19(23-16)24-8-10-27-11-9-24/h4-7,13H,8-12H2,1-3H3,(H,21,26)(H,22,25). The zero-order chi connectivity index (χ0) is 20.1. The molecule has 1 saturated heterocycles. The maximum atomic E-state index is 12.0. The Bertz CT molecular complexity index is 821. The van der Waals surface area contributed by atoms with Crippen LogP contribution in [0.3, 0.4) is 0 Å². The summed E-state index contributed by atoms with van der Waals surface area (Å²) in [5, 5.41) is 8.48. The van der Waals surface area contributed by atoms with Crippen LogP contribution >= 0.6 is 11.3 Å². The molecule has 1 fully saturated rings. The number of carbonyl (C=O) groups excluding carboxylic acids is 2. The highest BCUT2D eigenvalue weighted by Crippen LogP contribution is 2.28. The molecule has 2 amide bonds. The predicted octanol–water partition coefficient (Wildman–Crippen LogP) is 2.75. The lowest BCUT2D eigenvalue weighted by Crippen LogP contribution is -2.39. The first-order valence-corrected chi connectivity index (χ1v) is 10.2. The minimum Gasteiger partial charge on any atom is -0.378 e. The van der Waals surface area contributed by atoms with Gasteiger partial charge >= 0.3 is 0 Å². The van der Waals surface area contributed by atoms with E-state index in [-0.39, 0.29) is 18.4 Å². The average Bonchev–Trinajstić information content (AvgIpc) is 3.17. The Balaban J connectivity index is 1.55. The molecule has 0 atom stereocenters. The van der Waals surface area contributed by atoms with Crippen LogP contribution in [0.25, 0.3) is 11.3 Å². The fourth-order valence-corrected chi connectivity index (χ4v) is 3.54. The van der Waals surface area contributed by atoms with Crippen molar-refractivity contribution in [2.75, 3.05) is 43.1 Å². The van der Waals surface area contributed by atoms with Crippen LogP contribution in [-0.2, 0) is 14.3 Å². The van der Waals surface area contributed by atoms with Crippen LogP contribution in [0.4, 0.5) is 10.8 Å². The average molecular weight is 403 g/mol. The van der Waals surface area contributed by atoms with Gasteiger partial charge in [-0.05, 0) is 12.1 Å². The number of rotatable bonds is 5. The molecule has 2 aromatic rings. The summed E-state index contributed by atoms with van der Waals surface area (Å²) in [6, 6.07) is 7.54. The van der Waals surface area contributed by atoms with Crippen molar-refractivity contribution in [2.24, 2.45) is 5.41 Å². The van der Waals surface area contributed by atoms with Crippen molar-refractivity contribution in [1.29, 1.82) is 0 Å². The molecule has 1 aliphatic heterocycles. The van der Waals surface area contributed by atoms with E-state index < -0.39 is 5.41 Å². The molecular formula is C20H26N4O3S. The summed E-state index contributed by atoms with van der Waals surface area (Å²) < 4.78 is 5.38. The second-order valence-corrected chi connectivity index (χ2v) is 8.51. The van der Waals surface area contributed by atoms with Crippen LogP contribution in [-0.4, -0.2) is 49.6 Å². The summed E-state index contributed by atoms with van der Waals surface area (Å²) in [5.74, 6) is -0.411. The third kappa shape index (κ3) is 5.30. The summed E-state index contributed by atoms with van der Waals surface area (Å²) in [4.78, 5) is 30.8. The van der Waals surface area contributed by atoms with E-state index in [9.17, 15) is 9.59 Å². The fourth-order valence-electron chi connectivity index (χ4n) is 2.65. The van der Waals surface area contributed by atoms with Crippen LogP contribution in [0, 0.1) is 5.41 Å². The van der Waals surface area contributed by atoms with Crippen molar-refractivity contribution in [1.82, 2.24) is 10.3 Å². The minimum absolute atomic E-state index is 0.0488. The molecule has 150 valence electrons. The maximum absolute atomic E-state index is 12.0. The van der Waals surface area contributed by atoms with E-state index in [0.717, 1.165) is 42.7 Å². The molecule has 0 spiro atoms. The molecule has 2 N–H and O–H groups in total. The van der Waals surface area contributed by atoms with Gasteiger partial charge in [-0.1, -0.05) is 32.9 Å². The summed E-state index contributed by atoms with van der Waals surface area (Å²) in [6.45, 7) is 8.57. The Labute approximate surface area is 169 Å². The third-order valence-electron chi connectivity index (χ3n) is 4.33. The maximum Gasteiger partial charge on any atom is 0.243 e. The molecule has 3 rings (SSSR count). The quantitative estimate of drug-likeness (QED) is 0.804. The number of hydrogen-bond acceptors (Lipinski definition) is 6. The number of nitrogens with one attached hydrogen (secondary N) is 2. The fraction of sp³-hybridized carbons (Fsp3) is 0.450. The Kier molecular flexibility index (Phi) is 6.31.